The molecule has 0 amide bonds. The highest BCUT2D eigenvalue weighted by molar-refractivity contribution is 6.30. The quantitative estimate of drug-likeness (QED) is 0.920. The lowest BCUT2D eigenvalue weighted by Crippen LogP contribution is -2.31. The molecule has 1 atom stereocenters. The van der Waals surface area contributed by atoms with Gasteiger partial charge in [0.05, 0.1) is 6.04 Å². The third kappa shape index (κ3) is 3.81. The molecule has 1 N–H and O–H groups in total. The Kier molecular flexibility index (Phi) is 4.85. The minimum Gasteiger partial charge on any atom is -0.381 e. The van der Waals surface area contributed by atoms with Gasteiger partial charge in [-0.25, -0.2) is 0 Å². The number of ether oxygens (including phenoxy) is 1. The van der Waals surface area contributed by atoms with E-state index in [9.17, 15) is 0 Å². The molecule has 0 saturated carbocycles. The van der Waals surface area contributed by atoms with Gasteiger partial charge in [0.2, 0.25) is 6.39 Å². The predicted molar refractivity (Wildman–Crippen MR) is 79.1 cm³/mol. The number of halogens is 1. The summed E-state index contributed by atoms with van der Waals surface area (Å²) in [6.45, 7) is 2.60. The molecule has 6 heteroatoms. The molecule has 21 heavy (non-hydrogen) atoms. The predicted octanol–water partition coefficient (Wildman–Crippen LogP) is 2.83. The van der Waals surface area contributed by atoms with Gasteiger partial charge in [-0.3, -0.25) is 0 Å². The van der Waals surface area contributed by atoms with Crippen LogP contribution in [0.1, 0.15) is 30.3 Å². The third-order valence-corrected chi connectivity index (χ3v) is 4.04. The molecule has 5 nitrogen and oxygen atoms in total. The lowest BCUT2D eigenvalue weighted by atomic mass is 9.99. The first-order valence-corrected chi connectivity index (χ1v) is 7.53. The zero-order chi connectivity index (χ0) is 14.5. The minimum atomic E-state index is -0.0798. The van der Waals surface area contributed by atoms with Crippen LogP contribution in [0.4, 0.5) is 0 Å². The number of hydrogen-bond donors (Lipinski definition) is 1. The Hall–Kier alpha value is -1.43. The number of nitrogens with one attached hydrogen (secondary N) is 1. The van der Waals surface area contributed by atoms with Gasteiger partial charge in [0.1, 0.15) is 0 Å². The van der Waals surface area contributed by atoms with Crippen molar-refractivity contribution < 1.29 is 9.26 Å². The molecule has 2 aromatic rings. The number of nitrogens with zero attached hydrogens (tertiary/aromatic N) is 2. The Morgan fingerprint density at radius 1 is 1.24 bits per heavy atom. The normalized spacial score (nSPS) is 17.8. The summed E-state index contributed by atoms with van der Waals surface area (Å²) in [7, 11) is 0. The van der Waals surface area contributed by atoms with Crippen molar-refractivity contribution in [1.82, 2.24) is 15.5 Å². The molecule has 1 aromatic heterocycles. The summed E-state index contributed by atoms with van der Waals surface area (Å²) in [5.74, 6) is 1.27. The molecule has 1 aliphatic rings. The van der Waals surface area contributed by atoms with Crippen LogP contribution in [0.2, 0.25) is 5.02 Å². The molecule has 1 aliphatic heterocycles. The molecule has 1 fully saturated rings. The van der Waals surface area contributed by atoms with Crippen LogP contribution in [-0.4, -0.2) is 29.9 Å². The average Bonchev–Trinajstić information content (AvgIpc) is 3.04. The van der Waals surface area contributed by atoms with E-state index in [1.165, 1.54) is 6.39 Å². The van der Waals surface area contributed by atoms with E-state index < -0.39 is 0 Å². The van der Waals surface area contributed by atoms with E-state index >= 15 is 0 Å². The number of aromatic nitrogens is 2. The first-order chi connectivity index (χ1) is 10.3. The second-order valence-corrected chi connectivity index (χ2v) is 5.67. The van der Waals surface area contributed by atoms with E-state index in [-0.39, 0.29) is 6.04 Å². The van der Waals surface area contributed by atoms with Gasteiger partial charge in [-0.15, -0.1) is 0 Å². The van der Waals surface area contributed by atoms with Gasteiger partial charge in [0, 0.05) is 18.2 Å². The average molecular weight is 308 g/mol. The van der Waals surface area contributed by atoms with Crippen LogP contribution < -0.4 is 5.32 Å². The maximum absolute atomic E-state index is 5.96. The Labute approximate surface area is 128 Å². The zero-order valence-corrected chi connectivity index (χ0v) is 12.4. The smallest absolute Gasteiger partial charge is 0.213 e. The lowest BCUT2D eigenvalue weighted by Gasteiger charge is -2.24. The van der Waals surface area contributed by atoms with Crippen molar-refractivity contribution in [1.29, 1.82) is 0 Å². The van der Waals surface area contributed by atoms with E-state index in [1.54, 1.807) is 0 Å². The summed E-state index contributed by atoms with van der Waals surface area (Å²) in [4.78, 5) is 4.18. The number of rotatable bonds is 5. The van der Waals surface area contributed by atoms with Crippen molar-refractivity contribution in [3.05, 3.63) is 47.1 Å². The van der Waals surface area contributed by atoms with Crippen molar-refractivity contribution >= 4 is 11.6 Å². The van der Waals surface area contributed by atoms with Crippen LogP contribution in [0.3, 0.4) is 0 Å². The van der Waals surface area contributed by atoms with Crippen LogP contribution in [0.25, 0.3) is 0 Å². The van der Waals surface area contributed by atoms with Crippen LogP contribution in [0.15, 0.2) is 35.2 Å². The summed E-state index contributed by atoms with van der Waals surface area (Å²) >= 11 is 5.96. The van der Waals surface area contributed by atoms with Crippen molar-refractivity contribution in [2.24, 2.45) is 5.92 Å². The molecule has 1 aromatic carbocycles. The second kappa shape index (κ2) is 7.02. The van der Waals surface area contributed by atoms with E-state index in [0.717, 1.165) is 43.2 Å². The SMILES string of the molecule is Clc1ccc(C(NCC2CCOCC2)c2ncon2)cc1. The molecular formula is C15H18ClN3O2. The molecule has 1 saturated heterocycles. The van der Waals surface area contributed by atoms with Crippen molar-refractivity contribution in [3.8, 4) is 0 Å². The van der Waals surface area contributed by atoms with E-state index in [4.69, 9.17) is 20.9 Å². The van der Waals surface area contributed by atoms with Gasteiger partial charge >= 0.3 is 0 Å². The van der Waals surface area contributed by atoms with Gasteiger partial charge in [-0.1, -0.05) is 28.9 Å². The summed E-state index contributed by atoms with van der Waals surface area (Å²) in [6.07, 6.45) is 3.54. The molecule has 0 aliphatic carbocycles. The largest absolute Gasteiger partial charge is 0.381 e. The Morgan fingerprint density at radius 3 is 2.67 bits per heavy atom. The van der Waals surface area contributed by atoms with Crippen molar-refractivity contribution in [2.75, 3.05) is 19.8 Å². The van der Waals surface area contributed by atoms with Gasteiger partial charge in [-0.2, -0.15) is 4.98 Å². The topological polar surface area (TPSA) is 60.2 Å². The Bertz CT molecular complexity index is 539. The molecule has 1 unspecified atom stereocenters. The van der Waals surface area contributed by atoms with Crippen LogP contribution >= 0.6 is 11.6 Å². The molecule has 0 bridgehead atoms. The first kappa shape index (κ1) is 14.5. The maximum Gasteiger partial charge on any atom is 0.213 e. The summed E-state index contributed by atoms with van der Waals surface area (Å²) in [5.41, 5.74) is 1.08. The van der Waals surface area contributed by atoms with Crippen LogP contribution in [0.5, 0.6) is 0 Å². The molecule has 0 spiro atoms. The van der Waals surface area contributed by atoms with Crippen molar-refractivity contribution in [2.45, 2.75) is 18.9 Å². The first-order valence-electron chi connectivity index (χ1n) is 7.16. The number of hydrogen-bond acceptors (Lipinski definition) is 5. The van der Waals surface area contributed by atoms with Gasteiger partial charge < -0.3 is 14.6 Å². The van der Waals surface area contributed by atoms with E-state index in [0.29, 0.717) is 11.7 Å². The molecule has 3 rings (SSSR count). The van der Waals surface area contributed by atoms with Gasteiger partial charge in [0.25, 0.3) is 0 Å². The highest BCUT2D eigenvalue weighted by atomic mass is 35.5. The van der Waals surface area contributed by atoms with E-state index in [1.807, 2.05) is 24.3 Å². The van der Waals surface area contributed by atoms with Crippen LogP contribution in [0, 0.1) is 5.92 Å². The summed E-state index contributed by atoms with van der Waals surface area (Å²) in [6, 6.07) is 7.64. The fourth-order valence-corrected chi connectivity index (χ4v) is 2.68. The Morgan fingerprint density at radius 2 is 2.00 bits per heavy atom. The third-order valence-electron chi connectivity index (χ3n) is 3.79. The zero-order valence-electron chi connectivity index (χ0n) is 11.7. The monoisotopic (exact) mass is 307 g/mol. The fraction of sp³-hybridized carbons (Fsp3) is 0.467. The second-order valence-electron chi connectivity index (χ2n) is 5.24. The number of benzene rings is 1. The van der Waals surface area contributed by atoms with Crippen molar-refractivity contribution in [3.63, 3.8) is 0 Å². The van der Waals surface area contributed by atoms with E-state index in [2.05, 4.69) is 15.5 Å². The minimum absolute atomic E-state index is 0.0798. The standard InChI is InChI=1S/C15H18ClN3O2/c16-13-3-1-12(2-4-13)14(15-18-10-21-19-15)17-9-11-5-7-20-8-6-11/h1-4,10-11,14,17H,5-9H2. The lowest BCUT2D eigenvalue weighted by molar-refractivity contribution is 0.0657. The summed E-state index contributed by atoms with van der Waals surface area (Å²) < 4.78 is 10.3. The van der Waals surface area contributed by atoms with Gasteiger partial charge in [-0.05, 0) is 43.0 Å². The highest BCUT2D eigenvalue weighted by Crippen LogP contribution is 2.22. The van der Waals surface area contributed by atoms with Gasteiger partial charge in [0.15, 0.2) is 5.82 Å². The molecule has 2 heterocycles. The van der Waals surface area contributed by atoms with Crippen LogP contribution in [-0.2, 0) is 4.74 Å². The molecule has 112 valence electrons. The molecule has 0 radical (unpaired) electrons. The fourth-order valence-electron chi connectivity index (χ4n) is 2.55. The molecular weight excluding hydrogens is 290 g/mol. The maximum atomic E-state index is 5.96. The Balaban J connectivity index is 1.71. The summed E-state index contributed by atoms with van der Waals surface area (Å²) in [5, 5.41) is 8.23. The highest BCUT2D eigenvalue weighted by Gasteiger charge is 2.21.